The lowest BCUT2D eigenvalue weighted by Gasteiger charge is -2.15. The minimum absolute atomic E-state index is 0.0382. The number of carbonyl (C=O) groups is 1. The second-order valence-corrected chi connectivity index (χ2v) is 6.04. The number of hydrogen-bond acceptors (Lipinski definition) is 3. The van der Waals surface area contributed by atoms with Crippen LogP contribution in [-0.4, -0.2) is 24.6 Å². The lowest BCUT2D eigenvalue weighted by Crippen LogP contribution is -2.31. The molecule has 0 saturated heterocycles. The number of hydrogen-bond donors (Lipinski definition) is 2. The van der Waals surface area contributed by atoms with Crippen LogP contribution in [0.25, 0.3) is 0 Å². The molecule has 21 heavy (non-hydrogen) atoms. The first-order valence-electron chi connectivity index (χ1n) is 7.80. The van der Waals surface area contributed by atoms with Gasteiger partial charge in [0, 0.05) is 24.2 Å². The molecule has 1 aromatic carbocycles. The van der Waals surface area contributed by atoms with Crippen LogP contribution < -0.4 is 15.4 Å². The maximum Gasteiger partial charge on any atom is 0.223 e. The van der Waals surface area contributed by atoms with Crippen molar-refractivity contribution >= 4 is 5.91 Å². The Morgan fingerprint density at radius 3 is 2.81 bits per heavy atom. The molecule has 0 aromatic heterocycles. The minimum Gasteiger partial charge on any atom is -0.492 e. The molecular formula is C17H26N2O2. The third-order valence-corrected chi connectivity index (χ3v) is 3.48. The summed E-state index contributed by atoms with van der Waals surface area (Å²) in [5.74, 6) is 0.958. The van der Waals surface area contributed by atoms with Crippen LogP contribution in [-0.2, 0) is 11.3 Å². The van der Waals surface area contributed by atoms with E-state index in [1.807, 2.05) is 26.8 Å². The van der Waals surface area contributed by atoms with Crippen LogP contribution in [0.1, 0.15) is 44.2 Å². The molecule has 0 bridgehead atoms. The predicted molar refractivity (Wildman–Crippen MR) is 84.4 cm³/mol. The summed E-state index contributed by atoms with van der Waals surface area (Å²) in [4.78, 5) is 11.6. The van der Waals surface area contributed by atoms with Gasteiger partial charge >= 0.3 is 0 Å². The predicted octanol–water partition coefficient (Wildman–Crippen LogP) is 2.54. The van der Waals surface area contributed by atoms with Crippen molar-refractivity contribution in [1.29, 1.82) is 0 Å². The zero-order chi connectivity index (χ0) is 15.2. The van der Waals surface area contributed by atoms with Gasteiger partial charge in [-0.3, -0.25) is 4.79 Å². The van der Waals surface area contributed by atoms with Crippen molar-refractivity contribution in [2.75, 3.05) is 6.61 Å². The Labute approximate surface area is 127 Å². The Balaban J connectivity index is 1.86. The van der Waals surface area contributed by atoms with E-state index in [1.54, 1.807) is 0 Å². The monoisotopic (exact) mass is 290 g/mol. The molecule has 0 spiro atoms. The molecule has 4 heteroatoms. The van der Waals surface area contributed by atoms with E-state index in [0.717, 1.165) is 17.9 Å². The lowest BCUT2D eigenvalue weighted by atomic mass is 10.1. The molecule has 4 nitrogen and oxygen atoms in total. The Morgan fingerprint density at radius 1 is 1.38 bits per heavy atom. The molecule has 1 aromatic rings. The Kier molecular flexibility index (Phi) is 5.62. The third-order valence-electron chi connectivity index (χ3n) is 3.48. The molecule has 2 rings (SSSR count). The van der Waals surface area contributed by atoms with Gasteiger partial charge in [0.2, 0.25) is 5.91 Å². The molecule has 1 fully saturated rings. The fraction of sp³-hybridized carbons (Fsp3) is 0.588. The van der Waals surface area contributed by atoms with Crippen molar-refractivity contribution < 1.29 is 9.53 Å². The highest BCUT2D eigenvalue weighted by atomic mass is 16.5. The molecular weight excluding hydrogens is 264 g/mol. The summed E-state index contributed by atoms with van der Waals surface area (Å²) < 4.78 is 5.87. The van der Waals surface area contributed by atoms with Crippen LogP contribution in [0.2, 0.25) is 0 Å². The molecule has 116 valence electrons. The van der Waals surface area contributed by atoms with Crippen LogP contribution >= 0.6 is 0 Å². The van der Waals surface area contributed by atoms with E-state index in [-0.39, 0.29) is 11.9 Å². The molecule has 0 atom stereocenters. The fourth-order valence-corrected chi connectivity index (χ4v) is 2.24. The smallest absolute Gasteiger partial charge is 0.223 e. The SMILES string of the molecule is Cc1cccc(CNC2CC2)c1OCCC(=O)NC(C)C. The van der Waals surface area contributed by atoms with Gasteiger partial charge in [-0.2, -0.15) is 0 Å². The number of amides is 1. The van der Waals surface area contributed by atoms with E-state index in [1.165, 1.54) is 18.4 Å². The fourth-order valence-electron chi connectivity index (χ4n) is 2.24. The van der Waals surface area contributed by atoms with Crippen molar-refractivity contribution in [2.24, 2.45) is 0 Å². The van der Waals surface area contributed by atoms with E-state index in [4.69, 9.17) is 4.74 Å². The normalized spacial score (nSPS) is 14.3. The Hall–Kier alpha value is -1.55. The van der Waals surface area contributed by atoms with E-state index in [0.29, 0.717) is 19.1 Å². The van der Waals surface area contributed by atoms with Gasteiger partial charge in [-0.05, 0) is 39.2 Å². The summed E-state index contributed by atoms with van der Waals surface area (Å²) in [6.07, 6.45) is 2.94. The van der Waals surface area contributed by atoms with Crippen molar-refractivity contribution in [3.05, 3.63) is 29.3 Å². The number of para-hydroxylation sites is 1. The summed E-state index contributed by atoms with van der Waals surface area (Å²) in [6, 6.07) is 7.04. The molecule has 0 heterocycles. The first-order valence-corrected chi connectivity index (χ1v) is 7.80. The maximum atomic E-state index is 11.6. The van der Waals surface area contributed by atoms with Crippen LogP contribution in [0.4, 0.5) is 0 Å². The van der Waals surface area contributed by atoms with Gasteiger partial charge in [0.15, 0.2) is 0 Å². The second kappa shape index (κ2) is 7.46. The standard InChI is InChI=1S/C17H26N2O2/c1-12(2)19-16(20)9-10-21-17-13(3)5-4-6-14(17)11-18-15-7-8-15/h4-6,12,15,18H,7-11H2,1-3H3,(H,19,20). The van der Waals surface area contributed by atoms with Gasteiger partial charge in [-0.15, -0.1) is 0 Å². The topological polar surface area (TPSA) is 50.4 Å². The van der Waals surface area contributed by atoms with Crippen molar-refractivity contribution in [3.8, 4) is 5.75 Å². The van der Waals surface area contributed by atoms with Crippen molar-refractivity contribution in [2.45, 2.75) is 58.7 Å². The zero-order valence-electron chi connectivity index (χ0n) is 13.2. The van der Waals surface area contributed by atoms with Crippen LogP contribution in [0.15, 0.2) is 18.2 Å². The number of benzene rings is 1. The van der Waals surface area contributed by atoms with Gasteiger partial charge in [-0.1, -0.05) is 18.2 Å². The third kappa shape index (κ3) is 5.38. The summed E-state index contributed by atoms with van der Waals surface area (Å²) in [5, 5.41) is 6.38. The first kappa shape index (κ1) is 15.8. The average Bonchev–Trinajstić information content (AvgIpc) is 3.22. The number of carbonyl (C=O) groups excluding carboxylic acids is 1. The van der Waals surface area contributed by atoms with Gasteiger partial charge in [0.1, 0.15) is 5.75 Å². The van der Waals surface area contributed by atoms with Crippen LogP contribution in [0, 0.1) is 6.92 Å². The minimum atomic E-state index is 0.0382. The van der Waals surface area contributed by atoms with E-state index < -0.39 is 0 Å². The van der Waals surface area contributed by atoms with E-state index >= 15 is 0 Å². The quantitative estimate of drug-likeness (QED) is 0.773. The number of ether oxygens (including phenoxy) is 1. The Morgan fingerprint density at radius 2 is 2.14 bits per heavy atom. The number of rotatable bonds is 8. The maximum absolute atomic E-state index is 11.6. The summed E-state index contributed by atoms with van der Waals surface area (Å²) in [6.45, 7) is 7.22. The zero-order valence-corrected chi connectivity index (χ0v) is 13.2. The van der Waals surface area contributed by atoms with Gasteiger partial charge in [0.05, 0.1) is 13.0 Å². The summed E-state index contributed by atoms with van der Waals surface area (Å²) in [7, 11) is 0. The molecule has 2 N–H and O–H groups in total. The highest BCUT2D eigenvalue weighted by molar-refractivity contribution is 5.76. The molecule has 0 unspecified atom stereocenters. The molecule has 0 aliphatic heterocycles. The largest absolute Gasteiger partial charge is 0.492 e. The number of aryl methyl sites for hydroxylation is 1. The average molecular weight is 290 g/mol. The van der Waals surface area contributed by atoms with E-state index in [2.05, 4.69) is 22.8 Å². The number of nitrogens with one attached hydrogen (secondary N) is 2. The summed E-state index contributed by atoms with van der Waals surface area (Å²) >= 11 is 0. The molecule has 1 amide bonds. The van der Waals surface area contributed by atoms with Gasteiger partial charge in [0.25, 0.3) is 0 Å². The van der Waals surface area contributed by atoms with Gasteiger partial charge < -0.3 is 15.4 Å². The highest BCUT2D eigenvalue weighted by Gasteiger charge is 2.20. The van der Waals surface area contributed by atoms with Crippen LogP contribution in [0.3, 0.4) is 0 Å². The molecule has 1 aliphatic rings. The first-order chi connectivity index (χ1) is 10.1. The molecule has 1 aliphatic carbocycles. The van der Waals surface area contributed by atoms with Crippen molar-refractivity contribution in [1.82, 2.24) is 10.6 Å². The van der Waals surface area contributed by atoms with Crippen LogP contribution in [0.5, 0.6) is 5.75 Å². The second-order valence-electron chi connectivity index (χ2n) is 6.04. The molecule has 0 radical (unpaired) electrons. The van der Waals surface area contributed by atoms with Crippen molar-refractivity contribution in [3.63, 3.8) is 0 Å². The molecule has 1 saturated carbocycles. The van der Waals surface area contributed by atoms with E-state index in [9.17, 15) is 4.79 Å². The lowest BCUT2D eigenvalue weighted by molar-refractivity contribution is -0.122. The summed E-state index contributed by atoms with van der Waals surface area (Å²) in [5.41, 5.74) is 2.29. The Bertz CT molecular complexity index is 482. The highest BCUT2D eigenvalue weighted by Crippen LogP contribution is 2.25. The van der Waals surface area contributed by atoms with Gasteiger partial charge in [-0.25, -0.2) is 0 Å².